The van der Waals surface area contributed by atoms with Crippen molar-refractivity contribution < 1.29 is 0 Å². The van der Waals surface area contributed by atoms with Gasteiger partial charge in [0, 0.05) is 42.8 Å². The molecule has 0 aromatic rings. The zero-order valence-electron chi connectivity index (χ0n) is 28.7. The molecule has 0 saturated carbocycles. The monoisotopic (exact) mass is 655 g/mol. The summed E-state index contributed by atoms with van der Waals surface area (Å²) in [6.45, 7) is 0. The van der Waals surface area contributed by atoms with E-state index >= 15 is 0 Å². The molecule has 5 heteroatoms. The number of aliphatic imine (C=N–C) groups is 1. The van der Waals surface area contributed by atoms with E-state index in [4.69, 9.17) is 4.99 Å². The predicted octanol–water partition coefficient (Wildman–Crippen LogP) is 9.44. The summed E-state index contributed by atoms with van der Waals surface area (Å²) in [7, 11) is 0. The Morgan fingerprint density at radius 3 is 2.36 bits per heavy atom. The number of nitrogens with zero attached hydrogens (tertiary/aromatic N) is 5. The summed E-state index contributed by atoms with van der Waals surface area (Å²) < 4.78 is 0. The fraction of sp³-hybridized carbons (Fsp3) is 0.311. The molecule has 0 bridgehead atoms. The Kier molecular flexibility index (Phi) is 7.39. The quantitative estimate of drug-likeness (QED) is 0.301. The van der Waals surface area contributed by atoms with Gasteiger partial charge in [0.1, 0.15) is 24.7 Å². The van der Waals surface area contributed by atoms with E-state index in [0.717, 1.165) is 44.9 Å². The number of dihydropyridines is 1. The van der Waals surface area contributed by atoms with Crippen LogP contribution in [0.15, 0.2) is 183 Å². The van der Waals surface area contributed by atoms with Crippen LogP contribution in [0.3, 0.4) is 0 Å². The molecule has 5 heterocycles. The third-order valence-electron chi connectivity index (χ3n) is 12.0. The highest BCUT2D eigenvalue weighted by Crippen LogP contribution is 2.45. The highest BCUT2D eigenvalue weighted by molar-refractivity contribution is 5.77. The average molecular weight is 656 g/mol. The first kappa shape index (κ1) is 29.8. The molecular formula is C45H45N5. The van der Waals surface area contributed by atoms with Gasteiger partial charge in [0.15, 0.2) is 0 Å². The molecule has 4 unspecified atom stereocenters. The topological polar surface area (TPSA) is 25.3 Å². The van der Waals surface area contributed by atoms with Crippen molar-refractivity contribution in [2.45, 2.75) is 88.9 Å². The molecular weight excluding hydrogens is 611 g/mol. The van der Waals surface area contributed by atoms with Gasteiger partial charge in [0.25, 0.3) is 0 Å². The second-order valence-corrected chi connectivity index (χ2v) is 14.8. The van der Waals surface area contributed by atoms with Gasteiger partial charge in [-0.3, -0.25) is 4.99 Å². The molecule has 0 N–H and O–H groups in total. The van der Waals surface area contributed by atoms with Gasteiger partial charge in [-0.25, -0.2) is 0 Å². The van der Waals surface area contributed by atoms with E-state index < -0.39 is 0 Å². The summed E-state index contributed by atoms with van der Waals surface area (Å²) in [5.41, 5.74) is 14.3. The van der Waals surface area contributed by atoms with Crippen molar-refractivity contribution in [1.82, 2.24) is 19.6 Å². The minimum Gasteiger partial charge on any atom is -0.330 e. The Hall–Kier alpha value is -5.03. The summed E-state index contributed by atoms with van der Waals surface area (Å²) in [4.78, 5) is 15.7. The lowest BCUT2D eigenvalue weighted by Crippen LogP contribution is -2.62. The number of allylic oxidation sites excluding steroid dienone is 19. The lowest BCUT2D eigenvalue weighted by Gasteiger charge is -2.55. The van der Waals surface area contributed by atoms with Gasteiger partial charge in [-0.2, -0.15) is 0 Å². The van der Waals surface area contributed by atoms with Crippen LogP contribution in [0.4, 0.5) is 0 Å². The average Bonchev–Trinajstić information content (AvgIpc) is 3.19. The fourth-order valence-corrected chi connectivity index (χ4v) is 9.59. The van der Waals surface area contributed by atoms with Gasteiger partial charge in [-0.1, -0.05) is 60.8 Å². The van der Waals surface area contributed by atoms with Crippen LogP contribution in [0.2, 0.25) is 0 Å². The Bertz CT molecular complexity index is 2000. The van der Waals surface area contributed by atoms with E-state index in [1.807, 2.05) is 6.21 Å². The molecule has 10 rings (SSSR count). The van der Waals surface area contributed by atoms with Gasteiger partial charge in [-0.15, -0.1) is 0 Å². The van der Waals surface area contributed by atoms with E-state index in [-0.39, 0.29) is 24.7 Å². The minimum atomic E-state index is -0.0825. The van der Waals surface area contributed by atoms with Gasteiger partial charge in [0.2, 0.25) is 0 Å². The van der Waals surface area contributed by atoms with Crippen molar-refractivity contribution in [3.05, 3.63) is 178 Å². The molecule has 0 aromatic heterocycles. The van der Waals surface area contributed by atoms with E-state index in [1.54, 1.807) is 11.1 Å². The first-order chi connectivity index (χ1) is 24.8. The normalized spacial score (nSPS) is 30.6. The number of rotatable bonds is 4. The fourth-order valence-electron chi connectivity index (χ4n) is 9.59. The summed E-state index contributed by atoms with van der Waals surface area (Å²) in [5.74, 6) is 0. The van der Waals surface area contributed by atoms with Gasteiger partial charge < -0.3 is 19.6 Å². The molecule has 0 saturated heterocycles. The van der Waals surface area contributed by atoms with E-state index in [9.17, 15) is 0 Å². The van der Waals surface area contributed by atoms with E-state index in [0.29, 0.717) is 0 Å². The lowest BCUT2D eigenvalue weighted by atomic mass is 9.84. The summed E-state index contributed by atoms with van der Waals surface area (Å²) in [6, 6.07) is 0. The smallest absolute Gasteiger partial charge is 0.148 e. The van der Waals surface area contributed by atoms with Crippen molar-refractivity contribution in [3.8, 4) is 0 Å². The molecule has 0 aromatic carbocycles. The highest BCUT2D eigenvalue weighted by atomic mass is 15.5. The van der Waals surface area contributed by atoms with Crippen molar-refractivity contribution in [2.75, 3.05) is 0 Å². The first-order valence-electron chi connectivity index (χ1n) is 18.8. The number of hydrogen-bond acceptors (Lipinski definition) is 5. The van der Waals surface area contributed by atoms with Crippen LogP contribution in [0, 0.1) is 0 Å². The maximum absolute atomic E-state index is 5.20. The largest absolute Gasteiger partial charge is 0.330 e. The minimum absolute atomic E-state index is 0.00915. The van der Waals surface area contributed by atoms with Crippen LogP contribution in [0.5, 0.6) is 0 Å². The highest BCUT2D eigenvalue weighted by Gasteiger charge is 2.45. The second-order valence-electron chi connectivity index (χ2n) is 14.8. The predicted molar refractivity (Wildman–Crippen MR) is 204 cm³/mol. The molecule has 5 nitrogen and oxygen atoms in total. The van der Waals surface area contributed by atoms with Crippen LogP contribution >= 0.6 is 0 Å². The molecule has 250 valence electrons. The van der Waals surface area contributed by atoms with Crippen molar-refractivity contribution in [3.63, 3.8) is 0 Å². The molecule has 5 aliphatic carbocycles. The van der Waals surface area contributed by atoms with Crippen LogP contribution in [-0.2, 0) is 0 Å². The Balaban J connectivity index is 1.12. The Morgan fingerprint density at radius 2 is 1.38 bits per heavy atom. The van der Waals surface area contributed by atoms with Gasteiger partial charge in [0.05, 0.1) is 0 Å². The summed E-state index contributed by atoms with van der Waals surface area (Å²) in [5, 5.41) is 0. The molecule has 10 aliphatic rings. The molecule has 0 spiro atoms. The second kappa shape index (κ2) is 12.4. The van der Waals surface area contributed by atoms with Crippen LogP contribution in [-0.4, -0.2) is 50.5 Å². The molecule has 0 amide bonds. The van der Waals surface area contributed by atoms with Gasteiger partial charge in [-0.05, 0) is 145 Å². The zero-order valence-corrected chi connectivity index (χ0v) is 28.7. The molecule has 4 atom stereocenters. The SMILES string of the molecule is C1=CCC2=CN(C3C4=C(C=CN3C3C5=C(C=CCC5)C=CN3C3C5=C(C=CN3C3N=CC=C6CC=CC=C63)CCC=C5)CCCC4)C=CC2=C1. The Labute approximate surface area is 296 Å². The van der Waals surface area contributed by atoms with Crippen LogP contribution < -0.4 is 0 Å². The number of fused-ring (bicyclic) bond motifs is 2. The van der Waals surface area contributed by atoms with E-state index in [1.165, 1.54) is 63.8 Å². The molecule has 0 radical (unpaired) electrons. The van der Waals surface area contributed by atoms with Gasteiger partial charge >= 0.3 is 0 Å². The summed E-state index contributed by atoms with van der Waals surface area (Å²) >= 11 is 0. The lowest BCUT2D eigenvalue weighted by molar-refractivity contribution is 0.00924. The standard InChI is InChI=1S/C45H45N5/c1-2-16-37-31-47(27-22-32(37)11-1)43-39-18-8-4-13-34(39)24-29-49(43)45-41-20-10-6-15-36(41)25-30-50(45)44-40-19-9-5-14-35(40)23-28-48(44)42-38-17-7-3-12-33(38)21-26-46-42/h1-3,6-7,9,11,15,17,19,21-31,42-45H,4-5,8,10,12-14,16,18,20H2. The maximum Gasteiger partial charge on any atom is 0.148 e. The maximum atomic E-state index is 5.20. The molecule has 50 heavy (non-hydrogen) atoms. The van der Waals surface area contributed by atoms with Crippen molar-refractivity contribution >= 4 is 6.21 Å². The van der Waals surface area contributed by atoms with Crippen molar-refractivity contribution in [2.24, 2.45) is 4.99 Å². The number of hydrogen-bond donors (Lipinski definition) is 0. The third-order valence-corrected chi connectivity index (χ3v) is 12.0. The molecule has 0 fully saturated rings. The Morgan fingerprint density at radius 1 is 0.580 bits per heavy atom. The zero-order chi connectivity index (χ0) is 33.0. The van der Waals surface area contributed by atoms with Crippen LogP contribution in [0.1, 0.15) is 64.2 Å². The summed E-state index contributed by atoms with van der Waals surface area (Å²) in [6.07, 6.45) is 60.0. The van der Waals surface area contributed by atoms with Crippen molar-refractivity contribution in [1.29, 1.82) is 0 Å². The third kappa shape index (κ3) is 4.93. The molecule has 5 aliphatic heterocycles. The van der Waals surface area contributed by atoms with E-state index in [2.05, 4.69) is 142 Å². The van der Waals surface area contributed by atoms with Crippen LogP contribution in [0.25, 0.3) is 0 Å². The first-order valence-corrected chi connectivity index (χ1v) is 18.8.